The van der Waals surface area contributed by atoms with E-state index >= 15 is 0 Å². The van der Waals surface area contributed by atoms with Crippen molar-refractivity contribution in [2.75, 3.05) is 5.32 Å². The summed E-state index contributed by atoms with van der Waals surface area (Å²) in [4.78, 5) is 32.7. The number of ether oxygens (including phenoxy) is 1. The fraction of sp³-hybridized carbons (Fsp3) is 0.0909. The van der Waals surface area contributed by atoms with Gasteiger partial charge in [0.2, 0.25) is 5.88 Å². The SMILES string of the molecule is Cc1ccc(Oc2cnc(C(=O)C(=O)Nc3ccc4c(ccn4C)c3)cn2)cc1. The van der Waals surface area contributed by atoms with Crippen LogP contribution < -0.4 is 10.1 Å². The number of carbonyl (C=O) groups is 2. The Kier molecular flexibility index (Phi) is 4.78. The van der Waals surface area contributed by atoms with Gasteiger partial charge in [0, 0.05) is 29.8 Å². The molecule has 2 aromatic heterocycles. The second-order valence-electron chi connectivity index (χ2n) is 6.64. The third kappa shape index (κ3) is 3.98. The van der Waals surface area contributed by atoms with Gasteiger partial charge in [-0.15, -0.1) is 0 Å². The Labute approximate surface area is 167 Å². The number of fused-ring (bicyclic) bond motifs is 1. The van der Waals surface area contributed by atoms with Gasteiger partial charge in [-0.25, -0.2) is 9.97 Å². The number of nitrogens with zero attached hydrogens (tertiary/aromatic N) is 3. The number of ketones is 1. The number of nitrogens with one attached hydrogen (secondary N) is 1. The number of amides is 1. The summed E-state index contributed by atoms with van der Waals surface area (Å²) in [6.45, 7) is 1.98. The smallest absolute Gasteiger partial charge is 0.298 e. The van der Waals surface area contributed by atoms with Gasteiger partial charge in [0.25, 0.3) is 11.7 Å². The highest BCUT2D eigenvalue weighted by Crippen LogP contribution is 2.21. The fourth-order valence-electron chi connectivity index (χ4n) is 2.88. The van der Waals surface area contributed by atoms with Crippen molar-refractivity contribution < 1.29 is 14.3 Å². The first kappa shape index (κ1) is 18.4. The molecule has 0 spiro atoms. The first-order valence-electron chi connectivity index (χ1n) is 8.97. The van der Waals surface area contributed by atoms with E-state index in [0.717, 1.165) is 16.5 Å². The summed E-state index contributed by atoms with van der Waals surface area (Å²) >= 11 is 0. The van der Waals surface area contributed by atoms with Crippen molar-refractivity contribution in [3.05, 3.63) is 78.4 Å². The van der Waals surface area contributed by atoms with Crippen molar-refractivity contribution in [2.45, 2.75) is 6.92 Å². The van der Waals surface area contributed by atoms with Gasteiger partial charge in [0.05, 0.1) is 12.4 Å². The van der Waals surface area contributed by atoms with Gasteiger partial charge < -0.3 is 14.6 Å². The molecular formula is C22H18N4O3. The Hall–Kier alpha value is -4.00. The highest BCUT2D eigenvalue weighted by atomic mass is 16.5. The van der Waals surface area contributed by atoms with Gasteiger partial charge in [0.15, 0.2) is 0 Å². The molecule has 1 amide bonds. The maximum absolute atomic E-state index is 12.4. The van der Waals surface area contributed by atoms with Gasteiger partial charge in [-0.2, -0.15) is 0 Å². The van der Waals surface area contributed by atoms with E-state index < -0.39 is 11.7 Å². The van der Waals surface area contributed by atoms with E-state index in [4.69, 9.17) is 4.74 Å². The molecule has 0 unspecified atom stereocenters. The molecule has 0 aliphatic heterocycles. The Balaban J connectivity index is 1.43. The number of hydrogen-bond acceptors (Lipinski definition) is 5. The maximum atomic E-state index is 12.4. The average molecular weight is 386 g/mol. The molecule has 1 N–H and O–H groups in total. The van der Waals surface area contributed by atoms with Crippen LogP contribution in [-0.4, -0.2) is 26.2 Å². The summed E-state index contributed by atoms with van der Waals surface area (Å²) < 4.78 is 7.55. The van der Waals surface area contributed by atoms with Gasteiger partial charge in [-0.1, -0.05) is 17.7 Å². The lowest BCUT2D eigenvalue weighted by atomic mass is 10.2. The normalized spacial score (nSPS) is 10.7. The highest BCUT2D eigenvalue weighted by Gasteiger charge is 2.19. The Morgan fingerprint density at radius 1 is 1.00 bits per heavy atom. The maximum Gasteiger partial charge on any atom is 0.298 e. The molecule has 4 rings (SSSR count). The zero-order valence-electron chi connectivity index (χ0n) is 15.9. The summed E-state index contributed by atoms with van der Waals surface area (Å²) in [5, 5.41) is 3.57. The van der Waals surface area contributed by atoms with E-state index in [1.165, 1.54) is 12.4 Å². The van der Waals surface area contributed by atoms with Gasteiger partial charge in [-0.05, 0) is 43.3 Å². The molecule has 0 radical (unpaired) electrons. The number of hydrogen-bond donors (Lipinski definition) is 1. The predicted octanol–water partition coefficient (Wildman–Crippen LogP) is 3.89. The number of aryl methyl sites for hydroxylation is 2. The molecule has 0 fully saturated rings. The zero-order valence-corrected chi connectivity index (χ0v) is 15.9. The summed E-state index contributed by atoms with van der Waals surface area (Å²) in [6, 6.07) is 14.8. The molecule has 2 heterocycles. The highest BCUT2D eigenvalue weighted by molar-refractivity contribution is 6.46. The molecule has 7 nitrogen and oxygen atoms in total. The van der Waals surface area contributed by atoms with Crippen molar-refractivity contribution in [1.29, 1.82) is 0 Å². The van der Waals surface area contributed by atoms with Crippen LogP contribution in [0.2, 0.25) is 0 Å². The monoisotopic (exact) mass is 386 g/mol. The van der Waals surface area contributed by atoms with Crippen LogP contribution in [0.1, 0.15) is 16.1 Å². The molecule has 0 saturated heterocycles. The van der Waals surface area contributed by atoms with Gasteiger partial charge in [0.1, 0.15) is 11.4 Å². The van der Waals surface area contributed by atoms with Gasteiger partial charge in [-0.3, -0.25) is 9.59 Å². The van der Waals surface area contributed by atoms with E-state index in [2.05, 4.69) is 15.3 Å². The van der Waals surface area contributed by atoms with Crippen molar-refractivity contribution >= 4 is 28.3 Å². The van der Waals surface area contributed by atoms with Crippen LogP contribution in [0, 0.1) is 6.92 Å². The van der Waals surface area contributed by atoms with Crippen LogP contribution in [-0.2, 0) is 11.8 Å². The standard InChI is InChI=1S/C22H18N4O3/c1-14-3-6-17(7-4-14)29-20-13-23-18(12-24-20)21(27)22(28)25-16-5-8-19-15(11-16)9-10-26(19)2/h3-13H,1-2H3,(H,25,28). The number of rotatable bonds is 5. The van der Waals surface area contributed by atoms with Crippen LogP contribution in [0.3, 0.4) is 0 Å². The molecule has 7 heteroatoms. The number of anilines is 1. The first-order chi connectivity index (χ1) is 14.0. The molecule has 0 aliphatic carbocycles. The minimum Gasteiger partial charge on any atom is -0.438 e. The van der Waals surface area contributed by atoms with Crippen LogP contribution in [0.15, 0.2) is 67.1 Å². The quantitative estimate of drug-likeness (QED) is 0.415. The van der Waals surface area contributed by atoms with E-state index in [9.17, 15) is 9.59 Å². The molecule has 2 aromatic carbocycles. The van der Waals surface area contributed by atoms with Crippen molar-refractivity contribution in [2.24, 2.45) is 7.05 Å². The molecule has 0 atom stereocenters. The van der Waals surface area contributed by atoms with Crippen molar-refractivity contribution in [3.63, 3.8) is 0 Å². The zero-order chi connectivity index (χ0) is 20.4. The minimum absolute atomic E-state index is 0.0560. The lowest BCUT2D eigenvalue weighted by Crippen LogP contribution is -2.23. The molecule has 144 valence electrons. The number of aromatic nitrogens is 3. The minimum atomic E-state index is -0.776. The van der Waals surface area contributed by atoms with E-state index in [0.29, 0.717) is 11.4 Å². The average Bonchev–Trinajstić information content (AvgIpc) is 3.10. The Morgan fingerprint density at radius 3 is 2.52 bits per heavy atom. The predicted molar refractivity (Wildman–Crippen MR) is 109 cm³/mol. The third-order valence-electron chi connectivity index (χ3n) is 4.45. The van der Waals surface area contributed by atoms with E-state index in [1.54, 1.807) is 6.07 Å². The number of carbonyl (C=O) groups excluding carboxylic acids is 2. The van der Waals surface area contributed by atoms with Crippen molar-refractivity contribution in [1.82, 2.24) is 14.5 Å². The van der Waals surface area contributed by atoms with Crippen LogP contribution >= 0.6 is 0 Å². The second kappa shape index (κ2) is 7.55. The van der Waals surface area contributed by atoms with E-state index in [-0.39, 0.29) is 11.6 Å². The lowest BCUT2D eigenvalue weighted by Gasteiger charge is -2.06. The third-order valence-corrected chi connectivity index (χ3v) is 4.45. The first-order valence-corrected chi connectivity index (χ1v) is 8.97. The summed E-state index contributed by atoms with van der Waals surface area (Å²) in [5.41, 5.74) is 2.63. The van der Waals surface area contributed by atoms with Crippen LogP contribution in [0.25, 0.3) is 10.9 Å². The largest absolute Gasteiger partial charge is 0.438 e. The van der Waals surface area contributed by atoms with Crippen LogP contribution in [0.5, 0.6) is 11.6 Å². The van der Waals surface area contributed by atoms with Crippen molar-refractivity contribution in [3.8, 4) is 11.6 Å². The number of Topliss-reactive ketones (excluding diaryl/α,β-unsaturated/α-hetero) is 1. The summed E-state index contributed by atoms with van der Waals surface area (Å²) in [7, 11) is 1.94. The molecule has 0 bridgehead atoms. The van der Waals surface area contributed by atoms with Crippen LogP contribution in [0.4, 0.5) is 5.69 Å². The molecular weight excluding hydrogens is 368 g/mol. The molecule has 0 saturated carbocycles. The molecule has 4 aromatic rings. The lowest BCUT2D eigenvalue weighted by molar-refractivity contribution is -0.112. The second-order valence-corrected chi connectivity index (χ2v) is 6.64. The Bertz CT molecular complexity index is 1200. The molecule has 29 heavy (non-hydrogen) atoms. The summed E-state index contributed by atoms with van der Waals surface area (Å²) in [5.74, 6) is -0.701. The van der Waals surface area contributed by atoms with E-state index in [1.807, 2.05) is 67.2 Å². The Morgan fingerprint density at radius 2 is 1.79 bits per heavy atom. The number of benzene rings is 2. The fourth-order valence-corrected chi connectivity index (χ4v) is 2.88. The molecule has 0 aliphatic rings. The summed E-state index contributed by atoms with van der Waals surface area (Å²) in [6.07, 6.45) is 4.47. The topological polar surface area (TPSA) is 86.1 Å². The van der Waals surface area contributed by atoms with Gasteiger partial charge >= 0.3 is 0 Å².